The van der Waals surface area contributed by atoms with E-state index in [-0.39, 0.29) is 11.7 Å². The van der Waals surface area contributed by atoms with Crippen LogP contribution in [0.5, 0.6) is 0 Å². The van der Waals surface area contributed by atoms with Crippen molar-refractivity contribution < 1.29 is 14.0 Å². The highest BCUT2D eigenvalue weighted by Crippen LogP contribution is 2.10. The smallest absolute Gasteiger partial charge is 0.252 e. The molecule has 0 aliphatic carbocycles. The number of furan rings is 1. The quantitative estimate of drug-likeness (QED) is 0.493. The van der Waals surface area contributed by atoms with Crippen molar-refractivity contribution in [1.29, 1.82) is 0 Å². The van der Waals surface area contributed by atoms with Crippen LogP contribution in [0.4, 0.5) is 0 Å². The number of carbonyl (C=O) groups excluding carboxylic acids is 2. The molecule has 1 aromatic heterocycles. The molecule has 1 amide bonds. The molecule has 0 saturated carbocycles. The number of rotatable bonds is 7. The van der Waals surface area contributed by atoms with E-state index in [2.05, 4.69) is 10.6 Å². The zero-order valence-corrected chi connectivity index (χ0v) is 14.6. The Morgan fingerprint density at radius 1 is 0.923 bits per heavy atom. The lowest BCUT2D eigenvalue weighted by Gasteiger charge is -2.19. The molecule has 1 atom stereocenters. The van der Waals surface area contributed by atoms with Gasteiger partial charge in [0.15, 0.2) is 5.78 Å². The van der Waals surface area contributed by atoms with E-state index in [1.165, 1.54) is 0 Å². The second-order valence-corrected chi connectivity index (χ2v) is 6.04. The number of amides is 1. The highest BCUT2D eigenvalue weighted by atomic mass is 35.5. The minimum Gasteiger partial charge on any atom is -0.468 e. The molecule has 6 heteroatoms. The van der Waals surface area contributed by atoms with E-state index in [0.717, 1.165) is 0 Å². The fourth-order valence-electron chi connectivity index (χ4n) is 2.41. The molecule has 0 spiro atoms. The van der Waals surface area contributed by atoms with E-state index in [0.29, 0.717) is 28.5 Å². The summed E-state index contributed by atoms with van der Waals surface area (Å²) in [6, 6.07) is 18.8. The van der Waals surface area contributed by atoms with Gasteiger partial charge in [0.25, 0.3) is 5.91 Å². The summed E-state index contributed by atoms with van der Waals surface area (Å²) < 4.78 is 5.27. The summed E-state index contributed by atoms with van der Waals surface area (Å²) in [6.45, 7) is 0.303. The number of Topliss-reactive ketones (excluding diaryl/α,β-unsaturated/α-hetero) is 1. The third-order valence-electron chi connectivity index (χ3n) is 3.76. The maximum atomic E-state index is 12.8. The summed E-state index contributed by atoms with van der Waals surface area (Å²) in [5.41, 5.74) is 0.918. The van der Waals surface area contributed by atoms with Crippen molar-refractivity contribution >= 4 is 23.3 Å². The summed E-state index contributed by atoms with van der Waals surface area (Å²) in [5.74, 6) is 0.0546. The van der Waals surface area contributed by atoms with Crippen LogP contribution < -0.4 is 10.6 Å². The Morgan fingerprint density at radius 3 is 2.31 bits per heavy atom. The molecule has 3 rings (SSSR count). The zero-order valence-electron chi connectivity index (χ0n) is 13.8. The molecule has 0 aliphatic rings. The average Bonchev–Trinajstić information content (AvgIpc) is 3.19. The lowest BCUT2D eigenvalue weighted by atomic mass is 10.1. The zero-order chi connectivity index (χ0) is 18.4. The van der Waals surface area contributed by atoms with Gasteiger partial charge in [-0.2, -0.15) is 0 Å². The molecular formula is C20H17ClN2O3. The third kappa shape index (κ3) is 4.59. The topological polar surface area (TPSA) is 71.3 Å². The number of hydrogen-bond acceptors (Lipinski definition) is 4. The predicted octanol–water partition coefficient (Wildman–Crippen LogP) is 3.66. The van der Waals surface area contributed by atoms with E-state index < -0.39 is 6.17 Å². The Hall–Kier alpha value is -2.89. The summed E-state index contributed by atoms with van der Waals surface area (Å²) in [5, 5.41) is 6.30. The summed E-state index contributed by atoms with van der Waals surface area (Å²) in [4.78, 5) is 25.3. The van der Waals surface area contributed by atoms with Gasteiger partial charge in [-0.25, -0.2) is 0 Å². The van der Waals surface area contributed by atoms with Crippen molar-refractivity contribution in [1.82, 2.24) is 10.6 Å². The van der Waals surface area contributed by atoms with Crippen molar-refractivity contribution in [3.63, 3.8) is 0 Å². The lowest BCUT2D eigenvalue weighted by Crippen LogP contribution is -2.50. The van der Waals surface area contributed by atoms with Crippen LogP contribution in [0.2, 0.25) is 5.02 Å². The highest BCUT2D eigenvalue weighted by molar-refractivity contribution is 6.30. The average molecular weight is 369 g/mol. The van der Waals surface area contributed by atoms with Gasteiger partial charge in [-0.1, -0.05) is 41.9 Å². The van der Waals surface area contributed by atoms with Crippen LogP contribution >= 0.6 is 11.6 Å². The molecule has 1 unspecified atom stereocenters. The number of hydrogen-bond donors (Lipinski definition) is 2. The monoisotopic (exact) mass is 368 g/mol. The summed E-state index contributed by atoms with van der Waals surface area (Å²) in [6.07, 6.45) is 0.655. The molecule has 0 fully saturated rings. The Kier molecular flexibility index (Phi) is 5.84. The number of carbonyl (C=O) groups is 2. The Labute approximate surface area is 156 Å². The minimum absolute atomic E-state index is 0.237. The molecular weight excluding hydrogens is 352 g/mol. The first-order chi connectivity index (χ1) is 12.6. The van der Waals surface area contributed by atoms with Gasteiger partial charge in [0.2, 0.25) is 0 Å². The predicted molar refractivity (Wildman–Crippen MR) is 99.0 cm³/mol. The molecule has 132 valence electrons. The van der Waals surface area contributed by atoms with Crippen molar-refractivity contribution in [2.24, 2.45) is 0 Å². The third-order valence-corrected chi connectivity index (χ3v) is 4.01. The fourth-order valence-corrected chi connectivity index (χ4v) is 2.54. The highest BCUT2D eigenvalue weighted by Gasteiger charge is 2.22. The number of nitrogens with one attached hydrogen (secondary N) is 2. The Bertz CT molecular complexity index is 862. The largest absolute Gasteiger partial charge is 0.468 e. The Morgan fingerprint density at radius 2 is 1.65 bits per heavy atom. The second kappa shape index (κ2) is 8.47. The first-order valence-corrected chi connectivity index (χ1v) is 8.43. The molecule has 5 nitrogen and oxygen atoms in total. The molecule has 2 N–H and O–H groups in total. The van der Waals surface area contributed by atoms with Crippen molar-refractivity contribution in [2.45, 2.75) is 12.7 Å². The van der Waals surface area contributed by atoms with Crippen LogP contribution in [0.3, 0.4) is 0 Å². The van der Waals surface area contributed by atoms with E-state index in [1.807, 2.05) is 6.07 Å². The van der Waals surface area contributed by atoms with E-state index >= 15 is 0 Å². The molecule has 3 aromatic rings. The SMILES string of the molecule is O=C(NC(NCc1ccco1)C(=O)c1ccccc1)c1ccc(Cl)cc1. The maximum absolute atomic E-state index is 12.8. The summed E-state index contributed by atoms with van der Waals surface area (Å²) >= 11 is 5.85. The Balaban J connectivity index is 1.76. The molecule has 0 aliphatic heterocycles. The van der Waals surface area contributed by atoms with Gasteiger partial charge in [-0.15, -0.1) is 0 Å². The van der Waals surface area contributed by atoms with Crippen LogP contribution in [-0.2, 0) is 6.54 Å². The van der Waals surface area contributed by atoms with Crippen molar-refractivity contribution in [2.75, 3.05) is 0 Å². The van der Waals surface area contributed by atoms with Gasteiger partial charge in [0.05, 0.1) is 12.8 Å². The van der Waals surface area contributed by atoms with Crippen LogP contribution in [0, 0.1) is 0 Å². The van der Waals surface area contributed by atoms with Crippen LogP contribution in [0.25, 0.3) is 0 Å². The van der Waals surface area contributed by atoms with Crippen LogP contribution in [0.15, 0.2) is 77.4 Å². The second-order valence-electron chi connectivity index (χ2n) is 5.60. The van der Waals surface area contributed by atoms with Gasteiger partial charge in [-0.05, 0) is 36.4 Å². The first kappa shape index (κ1) is 17.9. The molecule has 26 heavy (non-hydrogen) atoms. The van der Waals surface area contributed by atoms with Crippen LogP contribution in [-0.4, -0.2) is 17.9 Å². The first-order valence-electron chi connectivity index (χ1n) is 8.05. The standard InChI is InChI=1S/C20H17ClN2O3/c21-16-10-8-15(9-11-16)20(25)23-19(22-13-17-7-4-12-26-17)18(24)14-5-2-1-3-6-14/h1-12,19,22H,13H2,(H,23,25). The van der Waals surface area contributed by atoms with Gasteiger partial charge >= 0.3 is 0 Å². The van der Waals surface area contributed by atoms with Crippen molar-refractivity contribution in [3.8, 4) is 0 Å². The molecule has 0 radical (unpaired) electrons. The maximum Gasteiger partial charge on any atom is 0.252 e. The van der Waals surface area contributed by atoms with Gasteiger partial charge in [0, 0.05) is 16.1 Å². The van der Waals surface area contributed by atoms with Crippen molar-refractivity contribution in [3.05, 3.63) is 94.9 Å². The van der Waals surface area contributed by atoms with Gasteiger partial charge in [-0.3, -0.25) is 14.9 Å². The molecule has 0 bridgehead atoms. The fraction of sp³-hybridized carbons (Fsp3) is 0.100. The van der Waals surface area contributed by atoms with E-state index in [4.69, 9.17) is 16.0 Å². The van der Waals surface area contributed by atoms with Gasteiger partial charge in [0.1, 0.15) is 11.9 Å². The number of benzene rings is 2. The molecule has 2 aromatic carbocycles. The lowest BCUT2D eigenvalue weighted by molar-refractivity contribution is 0.0835. The van der Waals surface area contributed by atoms with E-state index in [9.17, 15) is 9.59 Å². The number of ketones is 1. The van der Waals surface area contributed by atoms with E-state index in [1.54, 1.807) is 66.9 Å². The van der Waals surface area contributed by atoms with Gasteiger partial charge < -0.3 is 9.73 Å². The summed E-state index contributed by atoms with van der Waals surface area (Å²) in [7, 11) is 0. The normalized spacial score (nSPS) is 11.7. The molecule has 0 saturated heterocycles. The number of halogens is 1. The molecule has 1 heterocycles. The minimum atomic E-state index is -0.898. The van der Waals surface area contributed by atoms with Crippen LogP contribution in [0.1, 0.15) is 26.5 Å².